The first-order valence-electron chi connectivity index (χ1n) is 4.45. The van der Waals surface area contributed by atoms with Gasteiger partial charge in [0.1, 0.15) is 5.76 Å². The SMILES string of the molecule is ClCc1ncoc1CC1CCOC1. The van der Waals surface area contributed by atoms with Crippen LogP contribution in [0.1, 0.15) is 17.9 Å². The quantitative estimate of drug-likeness (QED) is 0.702. The monoisotopic (exact) mass is 201 g/mol. The van der Waals surface area contributed by atoms with Crippen LogP contribution in [-0.4, -0.2) is 18.2 Å². The van der Waals surface area contributed by atoms with Crippen molar-refractivity contribution in [2.45, 2.75) is 18.7 Å². The number of rotatable bonds is 3. The molecule has 0 saturated carbocycles. The third-order valence-electron chi connectivity index (χ3n) is 2.35. The normalized spacial score (nSPS) is 22.4. The van der Waals surface area contributed by atoms with Crippen LogP contribution in [0.4, 0.5) is 0 Å². The van der Waals surface area contributed by atoms with Gasteiger partial charge in [0, 0.05) is 19.6 Å². The van der Waals surface area contributed by atoms with Gasteiger partial charge in [0.15, 0.2) is 6.39 Å². The van der Waals surface area contributed by atoms with E-state index in [1.807, 2.05) is 0 Å². The van der Waals surface area contributed by atoms with Crippen molar-refractivity contribution in [3.63, 3.8) is 0 Å². The number of nitrogens with zero attached hydrogens (tertiary/aromatic N) is 1. The standard InChI is InChI=1S/C9H12ClNO2/c10-4-8-9(13-6-11-8)3-7-1-2-12-5-7/h6-7H,1-5H2. The van der Waals surface area contributed by atoms with Gasteiger partial charge in [-0.15, -0.1) is 11.6 Å². The highest BCUT2D eigenvalue weighted by Crippen LogP contribution is 2.20. The van der Waals surface area contributed by atoms with Crippen LogP contribution in [0.3, 0.4) is 0 Å². The van der Waals surface area contributed by atoms with Crippen LogP contribution in [0.2, 0.25) is 0 Å². The van der Waals surface area contributed by atoms with Crippen molar-refractivity contribution in [2.75, 3.05) is 13.2 Å². The maximum Gasteiger partial charge on any atom is 0.181 e. The van der Waals surface area contributed by atoms with Gasteiger partial charge in [0.25, 0.3) is 0 Å². The summed E-state index contributed by atoms with van der Waals surface area (Å²) in [6.07, 6.45) is 3.48. The van der Waals surface area contributed by atoms with Gasteiger partial charge < -0.3 is 9.15 Å². The number of hydrogen-bond donors (Lipinski definition) is 0. The van der Waals surface area contributed by atoms with E-state index < -0.39 is 0 Å². The Morgan fingerprint density at radius 3 is 3.23 bits per heavy atom. The van der Waals surface area contributed by atoms with Gasteiger partial charge in [-0.3, -0.25) is 0 Å². The van der Waals surface area contributed by atoms with Crippen LogP contribution in [0.15, 0.2) is 10.8 Å². The van der Waals surface area contributed by atoms with Crippen LogP contribution in [0.5, 0.6) is 0 Å². The summed E-state index contributed by atoms with van der Waals surface area (Å²) in [5.74, 6) is 1.93. The minimum Gasteiger partial charge on any atom is -0.448 e. The van der Waals surface area contributed by atoms with E-state index in [0.717, 1.165) is 37.5 Å². The Labute approximate surface area is 82.0 Å². The number of ether oxygens (including phenoxy) is 1. The van der Waals surface area contributed by atoms with Crippen LogP contribution < -0.4 is 0 Å². The molecule has 3 nitrogen and oxygen atoms in total. The Hall–Kier alpha value is -0.540. The second-order valence-electron chi connectivity index (χ2n) is 3.29. The third-order valence-corrected chi connectivity index (χ3v) is 2.60. The number of hydrogen-bond acceptors (Lipinski definition) is 3. The Morgan fingerprint density at radius 2 is 2.54 bits per heavy atom. The maximum absolute atomic E-state index is 5.71. The number of aromatic nitrogens is 1. The van der Waals surface area contributed by atoms with E-state index in [2.05, 4.69) is 4.98 Å². The summed E-state index contributed by atoms with van der Waals surface area (Å²) in [4.78, 5) is 4.04. The first-order valence-corrected chi connectivity index (χ1v) is 4.98. The molecule has 1 aliphatic rings. The molecule has 1 atom stereocenters. The fraction of sp³-hybridized carbons (Fsp3) is 0.667. The van der Waals surface area contributed by atoms with Gasteiger partial charge in [0.2, 0.25) is 0 Å². The molecule has 1 aromatic rings. The number of oxazole rings is 1. The summed E-state index contributed by atoms with van der Waals surface area (Å²) in [6, 6.07) is 0. The molecule has 1 fully saturated rings. The lowest BCUT2D eigenvalue weighted by Crippen LogP contribution is -2.04. The van der Waals surface area contributed by atoms with E-state index in [0.29, 0.717) is 11.8 Å². The van der Waals surface area contributed by atoms with E-state index in [1.54, 1.807) is 0 Å². The van der Waals surface area contributed by atoms with Crippen LogP contribution >= 0.6 is 11.6 Å². The molecule has 0 radical (unpaired) electrons. The van der Waals surface area contributed by atoms with E-state index in [4.69, 9.17) is 20.8 Å². The fourth-order valence-corrected chi connectivity index (χ4v) is 1.79. The molecule has 0 bridgehead atoms. The topological polar surface area (TPSA) is 35.3 Å². The van der Waals surface area contributed by atoms with Crippen molar-refractivity contribution >= 4 is 11.6 Å². The van der Waals surface area contributed by atoms with Crippen LogP contribution in [0.25, 0.3) is 0 Å². The zero-order valence-corrected chi connectivity index (χ0v) is 8.09. The summed E-state index contributed by atoms with van der Waals surface area (Å²) in [5, 5.41) is 0. The average Bonchev–Trinajstić information content (AvgIpc) is 2.76. The van der Waals surface area contributed by atoms with Crippen molar-refractivity contribution in [3.05, 3.63) is 17.8 Å². The van der Waals surface area contributed by atoms with E-state index >= 15 is 0 Å². The molecule has 1 saturated heterocycles. The second-order valence-corrected chi connectivity index (χ2v) is 3.56. The van der Waals surface area contributed by atoms with Gasteiger partial charge in [-0.05, 0) is 12.3 Å². The van der Waals surface area contributed by atoms with E-state index in [1.165, 1.54) is 6.39 Å². The van der Waals surface area contributed by atoms with Crippen LogP contribution in [0, 0.1) is 5.92 Å². The Morgan fingerprint density at radius 1 is 1.62 bits per heavy atom. The molecule has 2 rings (SSSR count). The maximum atomic E-state index is 5.71. The molecule has 0 aliphatic carbocycles. The van der Waals surface area contributed by atoms with Gasteiger partial charge >= 0.3 is 0 Å². The van der Waals surface area contributed by atoms with E-state index in [-0.39, 0.29) is 0 Å². The molecular formula is C9H12ClNO2. The predicted molar refractivity (Wildman–Crippen MR) is 48.7 cm³/mol. The lowest BCUT2D eigenvalue weighted by Gasteiger charge is -2.04. The summed E-state index contributed by atoms with van der Waals surface area (Å²) in [6.45, 7) is 1.71. The zero-order valence-electron chi connectivity index (χ0n) is 7.33. The van der Waals surface area contributed by atoms with Crippen molar-refractivity contribution in [3.8, 4) is 0 Å². The molecular weight excluding hydrogens is 190 g/mol. The van der Waals surface area contributed by atoms with Crippen molar-refractivity contribution in [1.29, 1.82) is 0 Å². The lowest BCUT2D eigenvalue weighted by molar-refractivity contribution is 0.184. The van der Waals surface area contributed by atoms with Gasteiger partial charge in [0.05, 0.1) is 11.6 Å². The minimum absolute atomic E-state index is 0.430. The molecule has 4 heteroatoms. The van der Waals surface area contributed by atoms with Crippen molar-refractivity contribution in [1.82, 2.24) is 4.98 Å². The molecule has 0 N–H and O–H groups in total. The zero-order chi connectivity index (χ0) is 9.10. The molecule has 0 amide bonds. The highest BCUT2D eigenvalue weighted by molar-refractivity contribution is 6.16. The molecule has 1 aliphatic heterocycles. The summed E-state index contributed by atoms with van der Waals surface area (Å²) in [5.41, 5.74) is 0.869. The molecule has 0 aromatic carbocycles. The second kappa shape index (κ2) is 4.11. The smallest absolute Gasteiger partial charge is 0.181 e. The number of alkyl halides is 1. The fourth-order valence-electron chi connectivity index (χ4n) is 1.58. The minimum atomic E-state index is 0.430. The highest BCUT2D eigenvalue weighted by Gasteiger charge is 2.19. The average molecular weight is 202 g/mol. The lowest BCUT2D eigenvalue weighted by atomic mass is 10.0. The summed E-state index contributed by atoms with van der Waals surface area (Å²) < 4.78 is 10.6. The Kier molecular flexibility index (Phi) is 2.86. The molecule has 13 heavy (non-hydrogen) atoms. The summed E-state index contributed by atoms with van der Waals surface area (Å²) in [7, 11) is 0. The van der Waals surface area contributed by atoms with Gasteiger partial charge in [-0.1, -0.05) is 0 Å². The predicted octanol–water partition coefficient (Wildman–Crippen LogP) is 1.99. The summed E-state index contributed by atoms with van der Waals surface area (Å²) >= 11 is 5.71. The van der Waals surface area contributed by atoms with E-state index in [9.17, 15) is 0 Å². The number of halogens is 1. The highest BCUT2D eigenvalue weighted by atomic mass is 35.5. The largest absolute Gasteiger partial charge is 0.448 e. The van der Waals surface area contributed by atoms with Gasteiger partial charge in [-0.2, -0.15) is 0 Å². The molecule has 1 unspecified atom stereocenters. The first-order chi connectivity index (χ1) is 6.40. The Bertz CT molecular complexity index is 268. The molecule has 72 valence electrons. The van der Waals surface area contributed by atoms with Gasteiger partial charge in [-0.25, -0.2) is 4.98 Å². The molecule has 0 spiro atoms. The van der Waals surface area contributed by atoms with Crippen molar-refractivity contribution < 1.29 is 9.15 Å². The van der Waals surface area contributed by atoms with Crippen LogP contribution in [-0.2, 0) is 17.0 Å². The first kappa shape index (κ1) is 9.03. The molecule has 2 heterocycles. The van der Waals surface area contributed by atoms with Crippen molar-refractivity contribution in [2.24, 2.45) is 5.92 Å². The molecule has 1 aromatic heterocycles. The Balaban J connectivity index is 1.99. The third kappa shape index (κ3) is 2.03.